The molecule has 0 radical (unpaired) electrons. The summed E-state index contributed by atoms with van der Waals surface area (Å²) in [4.78, 5) is 0. The second kappa shape index (κ2) is 12.6. The van der Waals surface area contributed by atoms with Crippen LogP contribution < -0.4 is 4.72 Å². The van der Waals surface area contributed by atoms with E-state index in [1.54, 1.807) is 0 Å². The van der Waals surface area contributed by atoms with E-state index in [9.17, 15) is 44.6 Å². The predicted molar refractivity (Wildman–Crippen MR) is 166 cm³/mol. The number of ether oxygens (including phenoxy) is 1. The summed E-state index contributed by atoms with van der Waals surface area (Å²) < 4.78 is 118. The molecular formula is C29H51NO14S3. The Bertz CT molecular complexity index is 1510. The van der Waals surface area contributed by atoms with Gasteiger partial charge in [0.1, 0.15) is 18.3 Å². The summed E-state index contributed by atoms with van der Waals surface area (Å²) in [5.41, 5.74) is -1.64. The SMILES string of the molecule is CNS(=O)(=O)O[C@@H]1[C@H]2O[C@@H]([C@H](C)C(C)C)C[C@@H](C)[C@@H]2[C@@]2(C)CC[C@H]3[C@@H]([C@@H](OS(=O)(=O)O)[C@@H](O)[C@H]4[C@@H](O)[C@H](OS(=O)(=O)O)CC[C@@]43C)[C@H]12. The van der Waals surface area contributed by atoms with Crippen LogP contribution in [-0.2, 0) is 48.4 Å². The number of nitrogens with one attached hydrogen (secondary N) is 1. The van der Waals surface area contributed by atoms with Gasteiger partial charge in [0.05, 0.1) is 24.4 Å². The van der Waals surface area contributed by atoms with E-state index in [-0.39, 0.29) is 42.6 Å². The summed E-state index contributed by atoms with van der Waals surface area (Å²) >= 11 is 0. The Morgan fingerprint density at radius 2 is 1.40 bits per heavy atom. The van der Waals surface area contributed by atoms with Crippen molar-refractivity contribution >= 4 is 31.1 Å². The molecule has 1 aliphatic heterocycles. The van der Waals surface area contributed by atoms with E-state index in [0.717, 1.165) is 6.42 Å². The molecule has 4 aliphatic carbocycles. The molecule has 0 aromatic rings. The fourth-order valence-corrected chi connectivity index (χ4v) is 12.5. The lowest BCUT2D eigenvalue weighted by atomic mass is 9.42. The van der Waals surface area contributed by atoms with Crippen molar-refractivity contribution in [1.82, 2.24) is 4.72 Å². The first-order valence-corrected chi connectivity index (χ1v) is 20.5. The molecule has 274 valence electrons. The lowest BCUT2D eigenvalue weighted by Gasteiger charge is -2.64. The highest BCUT2D eigenvalue weighted by atomic mass is 32.3. The van der Waals surface area contributed by atoms with Crippen LogP contribution in [-0.4, -0.2) is 94.3 Å². The second-order valence-electron chi connectivity index (χ2n) is 15.6. The minimum Gasteiger partial charge on any atom is -0.390 e. The van der Waals surface area contributed by atoms with Crippen molar-refractivity contribution < 1.29 is 61.9 Å². The Morgan fingerprint density at radius 3 is 1.96 bits per heavy atom. The van der Waals surface area contributed by atoms with Gasteiger partial charge in [-0.3, -0.25) is 13.3 Å². The van der Waals surface area contributed by atoms with Gasteiger partial charge >= 0.3 is 31.1 Å². The van der Waals surface area contributed by atoms with Crippen LogP contribution in [0.1, 0.15) is 73.6 Å². The minimum atomic E-state index is -5.21. The molecule has 5 aliphatic rings. The van der Waals surface area contributed by atoms with Crippen LogP contribution in [0.3, 0.4) is 0 Å². The molecule has 0 amide bonds. The topological polar surface area (TPSA) is 232 Å². The Balaban J connectivity index is 1.66. The van der Waals surface area contributed by atoms with Gasteiger partial charge in [0, 0.05) is 18.9 Å². The highest BCUT2D eigenvalue weighted by Gasteiger charge is 2.73. The summed E-state index contributed by atoms with van der Waals surface area (Å²) in [5, 5.41) is 23.4. The summed E-state index contributed by atoms with van der Waals surface area (Å²) in [6.45, 7) is 12.2. The first-order valence-electron chi connectivity index (χ1n) is 16.4. The van der Waals surface area contributed by atoms with E-state index >= 15 is 0 Å². The monoisotopic (exact) mass is 733 g/mol. The molecule has 18 heteroatoms. The van der Waals surface area contributed by atoms with Crippen LogP contribution in [0.4, 0.5) is 0 Å². The molecule has 0 aromatic carbocycles. The quantitative estimate of drug-likeness (QED) is 0.213. The maximum absolute atomic E-state index is 13.1. The molecule has 15 nitrogen and oxygen atoms in total. The number of aliphatic hydroxyl groups is 2. The number of hydrogen-bond acceptors (Lipinski definition) is 12. The third-order valence-electron chi connectivity index (χ3n) is 13.0. The van der Waals surface area contributed by atoms with E-state index in [1.807, 2.05) is 13.8 Å². The molecule has 0 aromatic heterocycles. The molecule has 5 rings (SSSR count). The highest BCUT2D eigenvalue weighted by molar-refractivity contribution is 7.84. The molecule has 0 bridgehead atoms. The molecule has 4 saturated carbocycles. The van der Waals surface area contributed by atoms with E-state index in [4.69, 9.17) is 17.3 Å². The highest BCUT2D eigenvalue weighted by Crippen LogP contribution is 2.70. The average Bonchev–Trinajstić information content (AvgIpc) is 3.18. The number of rotatable bonds is 9. The maximum Gasteiger partial charge on any atom is 0.397 e. The Morgan fingerprint density at radius 1 is 0.809 bits per heavy atom. The molecule has 47 heavy (non-hydrogen) atoms. The zero-order valence-electron chi connectivity index (χ0n) is 27.8. The number of hydrogen-bond donors (Lipinski definition) is 5. The molecule has 1 saturated heterocycles. The molecular weight excluding hydrogens is 683 g/mol. The van der Waals surface area contributed by atoms with Gasteiger partial charge in [0.15, 0.2) is 0 Å². The lowest BCUT2D eigenvalue weighted by molar-refractivity contribution is -0.248. The first-order chi connectivity index (χ1) is 21.5. The van der Waals surface area contributed by atoms with E-state index in [0.29, 0.717) is 12.8 Å². The Hall–Kier alpha value is -0.510. The smallest absolute Gasteiger partial charge is 0.390 e. The number of aliphatic hydroxyl groups excluding tert-OH is 2. The van der Waals surface area contributed by atoms with Crippen LogP contribution in [0.25, 0.3) is 0 Å². The van der Waals surface area contributed by atoms with E-state index in [2.05, 4.69) is 32.4 Å². The lowest BCUT2D eigenvalue weighted by Crippen LogP contribution is -2.69. The molecule has 1 heterocycles. The van der Waals surface area contributed by atoms with Crippen LogP contribution in [0.5, 0.6) is 0 Å². The Kier molecular flexibility index (Phi) is 10.1. The third kappa shape index (κ3) is 6.68. The Labute approximate surface area is 278 Å². The summed E-state index contributed by atoms with van der Waals surface area (Å²) in [6, 6.07) is 0. The normalized spacial score (nSPS) is 47.9. The predicted octanol–water partition coefficient (Wildman–Crippen LogP) is 1.73. The van der Waals surface area contributed by atoms with Crippen molar-refractivity contribution in [2.45, 2.75) is 116 Å². The van der Waals surface area contributed by atoms with Gasteiger partial charge in [-0.15, -0.1) is 0 Å². The average molecular weight is 734 g/mol. The zero-order valence-corrected chi connectivity index (χ0v) is 30.2. The van der Waals surface area contributed by atoms with Gasteiger partial charge in [-0.1, -0.05) is 41.5 Å². The van der Waals surface area contributed by atoms with Crippen LogP contribution in [0.15, 0.2) is 0 Å². The van der Waals surface area contributed by atoms with Crippen LogP contribution in [0.2, 0.25) is 0 Å². The fraction of sp³-hybridized carbons (Fsp3) is 1.00. The van der Waals surface area contributed by atoms with Gasteiger partial charge < -0.3 is 14.9 Å². The standard InChI is InChI=1S/C29H51NO14S3/c1-13(2)15(4)18-12-14(3)20-26(41-18)27(43-45(33,34)30-7)21-19-16(8-10-29(20,21)6)28(5)11-9-17(42-46(35,36)37)23(31)22(28)24(32)25(19)44-47(38,39)40/h13-27,30-32H,8-12H2,1-7H3,(H,35,36,37)(H,38,39,40)/t14-,15-,16+,17-,18-,19-,20+,21-,22-,23+,24+,25-,26+,27+,28-,29-/m1/s1. The molecule has 5 fully saturated rings. The maximum atomic E-state index is 13.1. The number of fused-ring (bicyclic) bond motifs is 7. The van der Waals surface area contributed by atoms with Crippen LogP contribution in [0, 0.1) is 58.2 Å². The molecule has 0 spiro atoms. The van der Waals surface area contributed by atoms with Gasteiger partial charge in [-0.05, 0) is 78.4 Å². The summed E-state index contributed by atoms with van der Waals surface area (Å²) in [7, 11) is -13.3. The third-order valence-corrected chi connectivity index (χ3v) is 14.9. The first kappa shape index (κ1) is 37.7. The van der Waals surface area contributed by atoms with Gasteiger partial charge in [0.2, 0.25) is 0 Å². The summed E-state index contributed by atoms with van der Waals surface area (Å²) in [5.74, 6) is -3.10. The summed E-state index contributed by atoms with van der Waals surface area (Å²) in [6.07, 6.45) is -6.67. The minimum absolute atomic E-state index is 0.0100. The zero-order chi connectivity index (χ0) is 35.2. The molecule has 0 unspecified atom stereocenters. The van der Waals surface area contributed by atoms with Crippen molar-refractivity contribution in [3.8, 4) is 0 Å². The van der Waals surface area contributed by atoms with Crippen molar-refractivity contribution in [3.63, 3.8) is 0 Å². The van der Waals surface area contributed by atoms with Crippen molar-refractivity contribution in [3.05, 3.63) is 0 Å². The van der Waals surface area contributed by atoms with E-state index < -0.39 is 102 Å². The van der Waals surface area contributed by atoms with Crippen molar-refractivity contribution in [2.24, 2.45) is 58.2 Å². The van der Waals surface area contributed by atoms with Gasteiger partial charge in [-0.2, -0.15) is 30.0 Å². The van der Waals surface area contributed by atoms with E-state index in [1.165, 1.54) is 7.05 Å². The van der Waals surface area contributed by atoms with Crippen molar-refractivity contribution in [1.29, 1.82) is 0 Å². The van der Waals surface area contributed by atoms with Crippen LogP contribution >= 0.6 is 0 Å². The molecule has 16 atom stereocenters. The second-order valence-corrected chi connectivity index (χ2v) is 19.2. The molecule has 5 N–H and O–H groups in total. The largest absolute Gasteiger partial charge is 0.397 e. The van der Waals surface area contributed by atoms with Crippen molar-refractivity contribution in [2.75, 3.05) is 7.05 Å². The fourth-order valence-electron chi connectivity index (χ4n) is 10.9. The van der Waals surface area contributed by atoms with Gasteiger partial charge in [0.25, 0.3) is 0 Å². The van der Waals surface area contributed by atoms with Gasteiger partial charge in [-0.25, -0.2) is 8.37 Å².